The van der Waals surface area contributed by atoms with Crippen molar-refractivity contribution >= 4 is 0 Å². The maximum Gasteiger partial charge on any atom is -0.0350 e. The standard InChI is InChI=1S/C10H19/c1-8(2)10-6-4-9(3)5-7-10/h6,8-10H,4-5,7H2,1-3H3/t9-,10-/m1/s1. The molecule has 0 unspecified atom stereocenters. The zero-order valence-corrected chi connectivity index (χ0v) is 7.43. The van der Waals surface area contributed by atoms with E-state index in [4.69, 9.17) is 0 Å². The molecule has 0 N–H and O–H groups in total. The second-order valence-electron chi connectivity index (χ2n) is 4.06. The lowest BCUT2D eigenvalue weighted by Crippen LogP contribution is -2.17. The van der Waals surface area contributed by atoms with E-state index in [0.29, 0.717) is 0 Å². The third-order valence-electron chi connectivity index (χ3n) is 2.69. The van der Waals surface area contributed by atoms with Gasteiger partial charge in [0.25, 0.3) is 0 Å². The molecule has 0 heterocycles. The summed E-state index contributed by atoms with van der Waals surface area (Å²) in [6, 6.07) is 0. The van der Waals surface area contributed by atoms with Crippen LogP contribution in [0, 0.1) is 24.2 Å². The van der Waals surface area contributed by atoms with E-state index in [-0.39, 0.29) is 0 Å². The second-order valence-corrected chi connectivity index (χ2v) is 4.06. The molecule has 1 aliphatic rings. The van der Waals surface area contributed by atoms with Gasteiger partial charge in [-0.2, -0.15) is 0 Å². The predicted molar refractivity (Wildman–Crippen MR) is 45.6 cm³/mol. The Kier molecular flexibility index (Phi) is 2.76. The van der Waals surface area contributed by atoms with Gasteiger partial charge in [0, 0.05) is 0 Å². The summed E-state index contributed by atoms with van der Waals surface area (Å²) in [4.78, 5) is 0. The molecule has 1 saturated carbocycles. The van der Waals surface area contributed by atoms with Gasteiger partial charge in [0.2, 0.25) is 0 Å². The highest BCUT2D eigenvalue weighted by atomic mass is 14.3. The summed E-state index contributed by atoms with van der Waals surface area (Å²) in [7, 11) is 0. The average Bonchev–Trinajstić information content (AvgIpc) is 1.88. The smallest absolute Gasteiger partial charge is 0.0350 e. The maximum atomic E-state index is 2.53. The Labute approximate surface area is 65.0 Å². The van der Waals surface area contributed by atoms with Crippen LogP contribution in [0.4, 0.5) is 0 Å². The van der Waals surface area contributed by atoms with Crippen LogP contribution in [-0.4, -0.2) is 0 Å². The molecule has 0 saturated heterocycles. The molecule has 0 spiro atoms. The number of hydrogen-bond donors (Lipinski definition) is 0. The lowest BCUT2D eigenvalue weighted by atomic mass is 9.78. The van der Waals surface area contributed by atoms with E-state index in [1.807, 2.05) is 0 Å². The quantitative estimate of drug-likeness (QED) is 0.523. The highest BCUT2D eigenvalue weighted by molar-refractivity contribution is 4.85. The van der Waals surface area contributed by atoms with Gasteiger partial charge in [-0.05, 0) is 37.0 Å². The van der Waals surface area contributed by atoms with Gasteiger partial charge in [-0.1, -0.05) is 27.2 Å². The first-order valence-corrected chi connectivity index (χ1v) is 4.53. The third kappa shape index (κ3) is 2.00. The van der Waals surface area contributed by atoms with Gasteiger partial charge in [0.05, 0.1) is 0 Å². The molecule has 0 aliphatic heterocycles. The molecule has 0 heteroatoms. The van der Waals surface area contributed by atoms with Gasteiger partial charge in [0.1, 0.15) is 0 Å². The van der Waals surface area contributed by atoms with Crippen LogP contribution in [0.1, 0.15) is 40.0 Å². The number of rotatable bonds is 1. The van der Waals surface area contributed by atoms with Crippen molar-refractivity contribution in [2.24, 2.45) is 17.8 Å². The Morgan fingerprint density at radius 3 is 2.40 bits per heavy atom. The van der Waals surface area contributed by atoms with Crippen molar-refractivity contribution in [1.82, 2.24) is 0 Å². The summed E-state index contributed by atoms with van der Waals surface area (Å²) in [6.07, 6.45) is 6.75. The van der Waals surface area contributed by atoms with Crippen LogP contribution < -0.4 is 0 Å². The van der Waals surface area contributed by atoms with Gasteiger partial charge < -0.3 is 0 Å². The molecule has 1 aliphatic carbocycles. The van der Waals surface area contributed by atoms with Crippen molar-refractivity contribution < 1.29 is 0 Å². The Morgan fingerprint density at radius 2 is 2.00 bits per heavy atom. The highest BCUT2D eigenvalue weighted by Gasteiger charge is 2.20. The second kappa shape index (κ2) is 3.41. The fraction of sp³-hybridized carbons (Fsp3) is 0.900. The molecule has 0 aromatic rings. The Morgan fingerprint density at radius 1 is 1.30 bits per heavy atom. The van der Waals surface area contributed by atoms with Crippen molar-refractivity contribution in [3.63, 3.8) is 0 Å². The summed E-state index contributed by atoms with van der Waals surface area (Å²) in [6.45, 7) is 7.02. The van der Waals surface area contributed by atoms with Crippen molar-refractivity contribution in [2.45, 2.75) is 40.0 Å². The van der Waals surface area contributed by atoms with Gasteiger partial charge >= 0.3 is 0 Å². The summed E-state index contributed by atoms with van der Waals surface area (Å²) in [5.41, 5.74) is 0. The van der Waals surface area contributed by atoms with E-state index in [9.17, 15) is 0 Å². The van der Waals surface area contributed by atoms with Crippen molar-refractivity contribution in [3.05, 3.63) is 6.42 Å². The zero-order chi connectivity index (χ0) is 7.56. The molecule has 0 amide bonds. The van der Waals surface area contributed by atoms with Crippen LogP contribution in [0.25, 0.3) is 0 Å². The van der Waals surface area contributed by atoms with E-state index in [1.54, 1.807) is 0 Å². The van der Waals surface area contributed by atoms with E-state index in [1.165, 1.54) is 19.3 Å². The molecule has 0 aromatic heterocycles. The normalized spacial score (nSPS) is 34.8. The van der Waals surface area contributed by atoms with Gasteiger partial charge in [-0.3, -0.25) is 0 Å². The molecule has 0 bridgehead atoms. The molecule has 10 heavy (non-hydrogen) atoms. The summed E-state index contributed by atoms with van der Waals surface area (Å²) >= 11 is 0. The molecule has 1 fully saturated rings. The van der Waals surface area contributed by atoms with Gasteiger partial charge in [0.15, 0.2) is 0 Å². The summed E-state index contributed by atoms with van der Waals surface area (Å²) in [5.74, 6) is 2.73. The first-order chi connectivity index (χ1) is 4.70. The lowest BCUT2D eigenvalue weighted by molar-refractivity contribution is 0.302. The van der Waals surface area contributed by atoms with E-state index < -0.39 is 0 Å². The Hall–Kier alpha value is 0. The minimum atomic E-state index is 0.868. The molecule has 0 nitrogen and oxygen atoms in total. The molecular weight excluding hydrogens is 120 g/mol. The first-order valence-electron chi connectivity index (χ1n) is 4.53. The average molecular weight is 139 g/mol. The fourth-order valence-corrected chi connectivity index (χ4v) is 1.73. The van der Waals surface area contributed by atoms with Crippen molar-refractivity contribution in [1.29, 1.82) is 0 Å². The van der Waals surface area contributed by atoms with Crippen LogP contribution in [-0.2, 0) is 0 Å². The largest absolute Gasteiger partial charge is 0.0625 e. The van der Waals surface area contributed by atoms with Crippen LogP contribution in [0.2, 0.25) is 0 Å². The van der Waals surface area contributed by atoms with Crippen molar-refractivity contribution in [3.8, 4) is 0 Å². The SMILES string of the molecule is CC(C)[C@@H]1[CH]C[C@@H](C)CC1. The van der Waals surface area contributed by atoms with E-state index in [0.717, 1.165) is 17.8 Å². The summed E-state index contributed by atoms with van der Waals surface area (Å²) < 4.78 is 0. The highest BCUT2D eigenvalue weighted by Crippen LogP contribution is 2.31. The van der Waals surface area contributed by atoms with Crippen LogP contribution >= 0.6 is 0 Å². The predicted octanol–water partition coefficient (Wildman–Crippen LogP) is 3.28. The van der Waals surface area contributed by atoms with Gasteiger partial charge in [-0.25, -0.2) is 0 Å². The molecule has 0 aromatic carbocycles. The molecule has 59 valence electrons. The fourth-order valence-electron chi connectivity index (χ4n) is 1.73. The minimum absolute atomic E-state index is 0.868. The Bertz CT molecular complexity index is 86.2. The molecular formula is C10H19. The van der Waals surface area contributed by atoms with E-state index >= 15 is 0 Å². The van der Waals surface area contributed by atoms with Crippen LogP contribution in [0.3, 0.4) is 0 Å². The van der Waals surface area contributed by atoms with E-state index in [2.05, 4.69) is 27.2 Å². The molecule has 2 atom stereocenters. The molecule has 1 rings (SSSR count). The van der Waals surface area contributed by atoms with Crippen molar-refractivity contribution in [2.75, 3.05) is 0 Å². The molecule has 1 radical (unpaired) electrons. The lowest BCUT2D eigenvalue weighted by Gasteiger charge is -2.28. The van der Waals surface area contributed by atoms with Gasteiger partial charge in [-0.15, -0.1) is 0 Å². The third-order valence-corrected chi connectivity index (χ3v) is 2.69. The number of hydrogen-bond acceptors (Lipinski definition) is 0. The summed E-state index contributed by atoms with van der Waals surface area (Å²) in [5, 5.41) is 0. The van der Waals surface area contributed by atoms with Crippen LogP contribution in [0.5, 0.6) is 0 Å². The topological polar surface area (TPSA) is 0 Å². The minimum Gasteiger partial charge on any atom is -0.0625 e. The zero-order valence-electron chi connectivity index (χ0n) is 7.43. The maximum absolute atomic E-state index is 2.53. The Balaban J connectivity index is 2.26. The monoisotopic (exact) mass is 139 g/mol. The first kappa shape index (κ1) is 8.10. The van der Waals surface area contributed by atoms with Crippen LogP contribution in [0.15, 0.2) is 0 Å².